The summed E-state index contributed by atoms with van der Waals surface area (Å²) < 4.78 is 2.25. The Morgan fingerprint density at radius 2 is 2.31 bits per heavy atom. The second-order valence-electron chi connectivity index (χ2n) is 3.05. The van der Waals surface area contributed by atoms with Crippen molar-refractivity contribution >= 4 is 40.7 Å². The van der Waals surface area contributed by atoms with Gasteiger partial charge in [0.05, 0.1) is 0 Å². The first-order chi connectivity index (χ1) is 7.75. The van der Waals surface area contributed by atoms with Crippen LogP contribution in [0.25, 0.3) is 16.3 Å². The van der Waals surface area contributed by atoms with Crippen molar-refractivity contribution in [1.82, 2.24) is 24.5 Å². The van der Waals surface area contributed by atoms with Crippen LogP contribution < -0.4 is 5.73 Å². The van der Waals surface area contributed by atoms with Crippen LogP contribution in [-0.2, 0) is 0 Å². The van der Waals surface area contributed by atoms with Crippen LogP contribution in [0, 0.1) is 4.64 Å². The van der Waals surface area contributed by atoms with Crippen molar-refractivity contribution in [3.8, 4) is 5.13 Å². The number of hydrogen-bond acceptors (Lipinski definition) is 6. The Labute approximate surface area is 98.8 Å². The molecule has 80 valence electrons. The Balaban J connectivity index is 2.40. The van der Waals surface area contributed by atoms with E-state index in [4.69, 9.17) is 18.0 Å². The number of fused-ring (bicyclic) bond motifs is 1. The predicted molar refractivity (Wildman–Crippen MR) is 64.1 cm³/mol. The number of H-pyrrole nitrogens is 1. The molecule has 8 heteroatoms. The summed E-state index contributed by atoms with van der Waals surface area (Å²) >= 11 is 6.61. The third-order valence-electron chi connectivity index (χ3n) is 2.05. The normalized spacial score (nSPS) is 11.0. The lowest BCUT2D eigenvalue weighted by Gasteiger charge is -1.98. The first-order valence-electron chi connectivity index (χ1n) is 4.38. The molecule has 0 unspecified atom stereocenters. The zero-order chi connectivity index (χ0) is 11.1. The minimum absolute atomic E-state index is 0.274. The first kappa shape index (κ1) is 9.43. The van der Waals surface area contributed by atoms with E-state index >= 15 is 0 Å². The minimum atomic E-state index is 0.274. The van der Waals surface area contributed by atoms with Gasteiger partial charge in [-0.2, -0.15) is 4.98 Å². The number of nitrogens with one attached hydrogen (secondary N) is 1. The largest absolute Gasteiger partial charge is 0.369 e. The van der Waals surface area contributed by atoms with Gasteiger partial charge in [0.15, 0.2) is 10.8 Å². The molecule has 0 aliphatic rings. The van der Waals surface area contributed by atoms with Crippen LogP contribution in [0.15, 0.2) is 17.9 Å². The summed E-state index contributed by atoms with van der Waals surface area (Å²) in [5.74, 6) is 0.274. The van der Waals surface area contributed by atoms with Crippen molar-refractivity contribution in [2.75, 3.05) is 5.73 Å². The molecule has 0 amide bonds. The molecule has 3 aromatic heterocycles. The molecular weight excluding hydrogens is 244 g/mol. The molecule has 0 spiro atoms. The molecule has 3 N–H and O–H groups in total. The summed E-state index contributed by atoms with van der Waals surface area (Å²) in [7, 11) is 0. The molecule has 0 aliphatic carbocycles. The molecule has 0 saturated heterocycles. The van der Waals surface area contributed by atoms with Gasteiger partial charge in [0.2, 0.25) is 5.95 Å². The first-order valence-corrected chi connectivity index (χ1v) is 5.67. The van der Waals surface area contributed by atoms with E-state index in [1.165, 1.54) is 11.3 Å². The number of aromatic nitrogens is 5. The van der Waals surface area contributed by atoms with Crippen molar-refractivity contribution in [3.05, 3.63) is 22.5 Å². The van der Waals surface area contributed by atoms with Gasteiger partial charge in [-0.25, -0.2) is 9.97 Å². The van der Waals surface area contributed by atoms with Crippen LogP contribution >= 0.6 is 23.6 Å². The highest BCUT2D eigenvalue weighted by atomic mass is 32.1. The Morgan fingerprint density at radius 3 is 3.06 bits per heavy atom. The Hall–Kier alpha value is -1.80. The highest BCUT2D eigenvalue weighted by Gasteiger charge is 2.09. The maximum absolute atomic E-state index is 5.61. The van der Waals surface area contributed by atoms with E-state index in [0.717, 1.165) is 5.13 Å². The Bertz CT molecular complexity index is 695. The fourth-order valence-electron chi connectivity index (χ4n) is 1.40. The van der Waals surface area contributed by atoms with Gasteiger partial charge in [-0.05, 0) is 0 Å². The number of anilines is 1. The number of nitrogens with two attached hydrogens (primary N) is 1. The lowest BCUT2D eigenvalue weighted by molar-refractivity contribution is 1.04. The molecule has 6 nitrogen and oxygen atoms in total. The van der Waals surface area contributed by atoms with Crippen LogP contribution in [-0.4, -0.2) is 24.5 Å². The average molecular weight is 250 g/mol. The zero-order valence-electron chi connectivity index (χ0n) is 7.91. The summed E-state index contributed by atoms with van der Waals surface area (Å²) in [6.45, 7) is 0. The molecule has 16 heavy (non-hydrogen) atoms. The lowest BCUT2D eigenvalue weighted by atomic mass is 10.5. The SMILES string of the molecule is Nc1nc2c(ncn2-c2nccs2)c(=S)[nH]1. The van der Waals surface area contributed by atoms with Gasteiger partial charge < -0.3 is 10.7 Å². The number of imidazole rings is 1. The monoisotopic (exact) mass is 250 g/mol. The Kier molecular flexibility index (Phi) is 1.98. The quantitative estimate of drug-likeness (QED) is 0.639. The molecule has 0 fully saturated rings. The fourth-order valence-corrected chi connectivity index (χ4v) is 2.26. The van der Waals surface area contributed by atoms with Gasteiger partial charge in [-0.1, -0.05) is 12.2 Å². The molecule has 0 aromatic carbocycles. The van der Waals surface area contributed by atoms with Crippen LogP contribution in [0.1, 0.15) is 0 Å². The number of rotatable bonds is 1. The molecule has 0 aliphatic heterocycles. The number of nitrogen functional groups attached to an aromatic ring is 1. The van der Waals surface area contributed by atoms with E-state index in [-0.39, 0.29) is 5.95 Å². The van der Waals surface area contributed by atoms with E-state index in [1.54, 1.807) is 17.1 Å². The molecule has 3 rings (SSSR count). The van der Waals surface area contributed by atoms with Gasteiger partial charge in [0, 0.05) is 11.6 Å². The summed E-state index contributed by atoms with van der Waals surface area (Å²) in [4.78, 5) is 15.3. The fraction of sp³-hybridized carbons (Fsp3) is 0. The van der Waals surface area contributed by atoms with Gasteiger partial charge >= 0.3 is 0 Å². The summed E-state index contributed by atoms with van der Waals surface area (Å²) in [6.07, 6.45) is 3.36. The van der Waals surface area contributed by atoms with Gasteiger partial charge in [-0.3, -0.25) is 4.57 Å². The molecule has 3 heterocycles. The number of aromatic amines is 1. The standard InChI is InChI=1S/C8H6N6S2/c9-7-12-5-4(6(15)13-7)11-3-14(5)8-10-1-2-16-8/h1-3H,(H3,9,12,13,15). The number of nitrogens with zero attached hydrogens (tertiary/aromatic N) is 4. The van der Waals surface area contributed by atoms with Crippen molar-refractivity contribution < 1.29 is 0 Å². The third-order valence-corrected chi connectivity index (χ3v) is 3.12. The lowest BCUT2D eigenvalue weighted by Crippen LogP contribution is -1.98. The third kappa shape index (κ3) is 1.31. The average Bonchev–Trinajstić information content (AvgIpc) is 2.83. The van der Waals surface area contributed by atoms with Gasteiger partial charge in [0.25, 0.3) is 0 Å². The van der Waals surface area contributed by atoms with Crippen LogP contribution in [0.3, 0.4) is 0 Å². The van der Waals surface area contributed by atoms with Crippen molar-refractivity contribution in [2.24, 2.45) is 0 Å². The summed E-state index contributed by atoms with van der Waals surface area (Å²) in [5.41, 5.74) is 6.86. The highest BCUT2D eigenvalue weighted by Crippen LogP contribution is 2.18. The zero-order valence-corrected chi connectivity index (χ0v) is 9.55. The van der Waals surface area contributed by atoms with E-state index in [9.17, 15) is 0 Å². The van der Waals surface area contributed by atoms with Gasteiger partial charge in [0.1, 0.15) is 16.5 Å². The van der Waals surface area contributed by atoms with E-state index < -0.39 is 0 Å². The second kappa shape index (κ2) is 3.35. The topological polar surface area (TPSA) is 85.4 Å². The second-order valence-corrected chi connectivity index (χ2v) is 4.33. The van der Waals surface area contributed by atoms with Crippen molar-refractivity contribution in [2.45, 2.75) is 0 Å². The van der Waals surface area contributed by atoms with Crippen molar-refractivity contribution in [3.63, 3.8) is 0 Å². The van der Waals surface area contributed by atoms with Crippen molar-refractivity contribution in [1.29, 1.82) is 0 Å². The number of hydrogen-bond donors (Lipinski definition) is 2. The molecule has 0 bridgehead atoms. The molecule has 0 saturated carbocycles. The van der Waals surface area contributed by atoms with E-state index in [0.29, 0.717) is 15.8 Å². The maximum atomic E-state index is 5.61. The van der Waals surface area contributed by atoms with Crippen LogP contribution in [0.5, 0.6) is 0 Å². The minimum Gasteiger partial charge on any atom is -0.369 e. The smallest absolute Gasteiger partial charge is 0.200 e. The molecular formula is C8H6N6S2. The number of thiazole rings is 1. The van der Waals surface area contributed by atoms with Gasteiger partial charge in [-0.15, -0.1) is 11.3 Å². The highest BCUT2D eigenvalue weighted by molar-refractivity contribution is 7.71. The molecule has 3 aromatic rings. The van der Waals surface area contributed by atoms with Crippen LogP contribution in [0.2, 0.25) is 0 Å². The maximum Gasteiger partial charge on any atom is 0.200 e. The summed E-state index contributed by atoms with van der Waals surface area (Å²) in [5, 5.41) is 2.67. The molecule has 0 atom stereocenters. The van der Waals surface area contributed by atoms with Crippen LogP contribution in [0.4, 0.5) is 5.95 Å². The summed E-state index contributed by atoms with van der Waals surface area (Å²) in [6, 6.07) is 0. The van der Waals surface area contributed by atoms with E-state index in [2.05, 4.69) is 19.9 Å². The predicted octanol–water partition coefficient (Wildman–Crippen LogP) is 1.52. The molecule has 0 radical (unpaired) electrons. The Morgan fingerprint density at radius 1 is 1.44 bits per heavy atom. The van der Waals surface area contributed by atoms with E-state index in [1.807, 2.05) is 5.38 Å².